The Morgan fingerprint density at radius 1 is 0.964 bits per heavy atom. The fourth-order valence-electron chi connectivity index (χ4n) is 4.27. The molecule has 4 nitrogen and oxygen atoms in total. The Bertz CT molecular complexity index is 871. The maximum Gasteiger partial charge on any atom is 0.253 e. The fourth-order valence-corrected chi connectivity index (χ4v) is 4.27. The molecule has 0 aromatic heterocycles. The van der Waals surface area contributed by atoms with E-state index in [-0.39, 0.29) is 11.8 Å². The van der Waals surface area contributed by atoms with Gasteiger partial charge in [0.15, 0.2) is 0 Å². The highest BCUT2D eigenvalue weighted by atomic mass is 16.2. The summed E-state index contributed by atoms with van der Waals surface area (Å²) in [6.45, 7) is 4.73. The standard InChI is InChI=1S/C24H27N3O/c25-17-19-9-13-27(14-10-19)24(28)23-8-4-7-22(16-23)21-6-3-5-20(15-21)18-26-11-1-2-12-26/h3-8,15-16,19H,1-2,9-14,18H2. The summed E-state index contributed by atoms with van der Waals surface area (Å²) in [7, 11) is 0. The summed E-state index contributed by atoms with van der Waals surface area (Å²) in [5.74, 6) is 0.167. The topological polar surface area (TPSA) is 47.3 Å². The van der Waals surface area contributed by atoms with Gasteiger partial charge in [-0.25, -0.2) is 0 Å². The Balaban J connectivity index is 1.49. The Hall–Kier alpha value is -2.64. The fraction of sp³-hybridized carbons (Fsp3) is 0.417. The zero-order chi connectivity index (χ0) is 19.3. The van der Waals surface area contributed by atoms with Crippen LogP contribution in [0.4, 0.5) is 0 Å². The van der Waals surface area contributed by atoms with E-state index in [9.17, 15) is 4.79 Å². The third-order valence-corrected chi connectivity index (χ3v) is 5.94. The Labute approximate surface area is 167 Å². The zero-order valence-electron chi connectivity index (χ0n) is 16.3. The lowest BCUT2D eigenvalue weighted by atomic mass is 9.97. The molecule has 0 saturated carbocycles. The van der Waals surface area contributed by atoms with Crippen LogP contribution in [0.5, 0.6) is 0 Å². The molecular weight excluding hydrogens is 346 g/mol. The van der Waals surface area contributed by atoms with Crippen LogP contribution < -0.4 is 0 Å². The predicted octanol–water partition coefficient (Wildman–Crippen LogP) is 4.33. The average Bonchev–Trinajstić information content (AvgIpc) is 3.26. The second kappa shape index (κ2) is 8.58. The monoisotopic (exact) mass is 373 g/mol. The molecule has 1 amide bonds. The third-order valence-electron chi connectivity index (χ3n) is 5.94. The predicted molar refractivity (Wildman–Crippen MR) is 111 cm³/mol. The normalized spacial score (nSPS) is 18.2. The van der Waals surface area contributed by atoms with Crippen LogP contribution in [0.3, 0.4) is 0 Å². The lowest BCUT2D eigenvalue weighted by Crippen LogP contribution is -2.38. The van der Waals surface area contributed by atoms with Gasteiger partial charge in [-0.15, -0.1) is 0 Å². The first-order valence-electron chi connectivity index (χ1n) is 10.3. The third kappa shape index (κ3) is 4.26. The van der Waals surface area contributed by atoms with Crippen LogP contribution >= 0.6 is 0 Å². The second-order valence-electron chi connectivity index (χ2n) is 7.96. The molecule has 2 aromatic rings. The van der Waals surface area contributed by atoms with E-state index in [1.165, 1.54) is 31.5 Å². The van der Waals surface area contributed by atoms with Gasteiger partial charge in [-0.1, -0.05) is 30.3 Å². The van der Waals surface area contributed by atoms with Crippen molar-refractivity contribution in [2.75, 3.05) is 26.2 Å². The quantitative estimate of drug-likeness (QED) is 0.802. The highest BCUT2D eigenvalue weighted by Gasteiger charge is 2.23. The van der Waals surface area contributed by atoms with Gasteiger partial charge in [-0.2, -0.15) is 5.26 Å². The van der Waals surface area contributed by atoms with Crippen molar-refractivity contribution < 1.29 is 4.79 Å². The van der Waals surface area contributed by atoms with Crippen molar-refractivity contribution in [1.82, 2.24) is 9.80 Å². The molecule has 0 radical (unpaired) electrons. The molecule has 4 rings (SSSR count). The Morgan fingerprint density at radius 2 is 1.64 bits per heavy atom. The molecule has 0 N–H and O–H groups in total. The lowest BCUT2D eigenvalue weighted by Gasteiger charge is -2.29. The first-order valence-corrected chi connectivity index (χ1v) is 10.3. The van der Waals surface area contributed by atoms with Crippen molar-refractivity contribution in [1.29, 1.82) is 5.26 Å². The van der Waals surface area contributed by atoms with E-state index < -0.39 is 0 Å². The maximum atomic E-state index is 12.9. The first kappa shape index (κ1) is 18.7. The van der Waals surface area contributed by atoms with E-state index in [0.29, 0.717) is 13.1 Å². The number of carbonyl (C=O) groups excluding carboxylic acids is 1. The summed E-state index contributed by atoms with van der Waals surface area (Å²) in [5, 5.41) is 9.05. The second-order valence-corrected chi connectivity index (χ2v) is 7.96. The van der Waals surface area contributed by atoms with Gasteiger partial charge in [0.2, 0.25) is 0 Å². The minimum Gasteiger partial charge on any atom is -0.339 e. The molecule has 2 aromatic carbocycles. The van der Waals surface area contributed by atoms with Crippen molar-refractivity contribution in [2.24, 2.45) is 5.92 Å². The number of nitrogens with zero attached hydrogens (tertiary/aromatic N) is 3. The number of carbonyl (C=O) groups is 1. The van der Waals surface area contributed by atoms with Crippen molar-refractivity contribution >= 4 is 5.91 Å². The van der Waals surface area contributed by atoms with Gasteiger partial charge in [0.1, 0.15) is 0 Å². The van der Waals surface area contributed by atoms with Crippen LogP contribution in [0.15, 0.2) is 48.5 Å². The van der Waals surface area contributed by atoms with Crippen molar-refractivity contribution in [3.63, 3.8) is 0 Å². The summed E-state index contributed by atoms with van der Waals surface area (Å²) in [5.41, 5.74) is 4.31. The molecule has 0 aliphatic carbocycles. The van der Waals surface area contributed by atoms with Crippen molar-refractivity contribution in [3.8, 4) is 17.2 Å². The molecule has 0 bridgehead atoms. The molecular formula is C24H27N3O. The molecule has 2 heterocycles. The zero-order valence-corrected chi connectivity index (χ0v) is 16.3. The van der Waals surface area contributed by atoms with Crippen LogP contribution in [-0.2, 0) is 6.54 Å². The number of benzene rings is 2. The number of hydrogen-bond donors (Lipinski definition) is 0. The van der Waals surface area contributed by atoms with Gasteiger partial charge in [0, 0.05) is 31.1 Å². The average molecular weight is 374 g/mol. The largest absolute Gasteiger partial charge is 0.339 e. The van der Waals surface area contributed by atoms with Crippen LogP contribution in [0.2, 0.25) is 0 Å². The lowest BCUT2D eigenvalue weighted by molar-refractivity contribution is 0.0707. The molecule has 0 unspecified atom stereocenters. The van der Waals surface area contributed by atoms with Gasteiger partial charge < -0.3 is 4.90 Å². The molecule has 0 spiro atoms. The van der Waals surface area contributed by atoms with Crippen LogP contribution in [0, 0.1) is 17.2 Å². The summed E-state index contributed by atoms with van der Waals surface area (Å²) in [6.07, 6.45) is 4.16. The molecule has 144 valence electrons. The molecule has 0 atom stereocenters. The molecule has 2 aliphatic rings. The smallest absolute Gasteiger partial charge is 0.253 e. The van der Waals surface area contributed by atoms with E-state index in [1.54, 1.807) is 0 Å². The first-order chi connectivity index (χ1) is 13.7. The van der Waals surface area contributed by atoms with Crippen molar-refractivity contribution in [2.45, 2.75) is 32.2 Å². The summed E-state index contributed by atoms with van der Waals surface area (Å²) < 4.78 is 0. The van der Waals surface area contributed by atoms with E-state index in [4.69, 9.17) is 5.26 Å². The Kier molecular flexibility index (Phi) is 5.73. The highest BCUT2D eigenvalue weighted by molar-refractivity contribution is 5.95. The number of likely N-dealkylation sites (tertiary alicyclic amines) is 2. The number of nitriles is 1. The van der Waals surface area contributed by atoms with E-state index >= 15 is 0 Å². The van der Waals surface area contributed by atoms with Gasteiger partial charge >= 0.3 is 0 Å². The minimum atomic E-state index is 0.0754. The SMILES string of the molecule is N#CC1CCN(C(=O)c2cccc(-c3cccc(CN4CCCC4)c3)c2)CC1. The van der Waals surface area contributed by atoms with Crippen LogP contribution in [-0.4, -0.2) is 41.9 Å². The van der Waals surface area contributed by atoms with Gasteiger partial charge in [0.05, 0.1) is 6.07 Å². The van der Waals surface area contributed by atoms with Crippen LogP contribution in [0.25, 0.3) is 11.1 Å². The minimum absolute atomic E-state index is 0.0754. The van der Waals surface area contributed by atoms with Gasteiger partial charge in [-0.05, 0) is 73.7 Å². The summed E-state index contributed by atoms with van der Waals surface area (Å²) >= 11 is 0. The van der Waals surface area contributed by atoms with E-state index in [2.05, 4.69) is 41.3 Å². The number of hydrogen-bond acceptors (Lipinski definition) is 3. The van der Waals surface area contributed by atoms with Crippen molar-refractivity contribution in [3.05, 3.63) is 59.7 Å². The van der Waals surface area contributed by atoms with Crippen LogP contribution in [0.1, 0.15) is 41.6 Å². The molecule has 2 saturated heterocycles. The van der Waals surface area contributed by atoms with Gasteiger partial charge in [-0.3, -0.25) is 9.69 Å². The number of piperidine rings is 1. The van der Waals surface area contributed by atoms with E-state index in [1.807, 2.05) is 23.1 Å². The number of rotatable bonds is 4. The highest BCUT2D eigenvalue weighted by Crippen LogP contribution is 2.25. The molecule has 2 fully saturated rings. The molecule has 4 heteroatoms. The van der Waals surface area contributed by atoms with Gasteiger partial charge in [0.25, 0.3) is 5.91 Å². The molecule has 28 heavy (non-hydrogen) atoms. The summed E-state index contributed by atoms with van der Waals surface area (Å²) in [6, 6.07) is 19.0. The molecule has 2 aliphatic heterocycles. The Morgan fingerprint density at radius 3 is 2.36 bits per heavy atom. The number of amides is 1. The maximum absolute atomic E-state index is 12.9. The van der Waals surface area contributed by atoms with E-state index in [0.717, 1.165) is 36.1 Å². The summed E-state index contributed by atoms with van der Waals surface area (Å²) in [4.78, 5) is 17.3.